The maximum Gasteiger partial charge on any atom is 0.236 e. The molecule has 1 amide bonds. The van der Waals surface area contributed by atoms with Crippen molar-refractivity contribution in [1.29, 1.82) is 0 Å². The first-order chi connectivity index (χ1) is 9.13. The third kappa shape index (κ3) is 3.68. The van der Waals surface area contributed by atoms with Crippen molar-refractivity contribution in [3.8, 4) is 5.75 Å². The number of carbonyl (C=O) groups is 1. The van der Waals surface area contributed by atoms with E-state index >= 15 is 0 Å². The lowest BCUT2D eigenvalue weighted by Crippen LogP contribution is -2.54. The summed E-state index contributed by atoms with van der Waals surface area (Å²) >= 11 is 0. The number of ether oxygens (including phenoxy) is 1. The van der Waals surface area contributed by atoms with Gasteiger partial charge >= 0.3 is 0 Å². The number of para-hydroxylation sites is 1. The highest BCUT2D eigenvalue weighted by Gasteiger charge is 2.35. The summed E-state index contributed by atoms with van der Waals surface area (Å²) in [5, 5.41) is 10.5. The lowest BCUT2D eigenvalue weighted by atomic mass is 9.93. The molecule has 1 fully saturated rings. The molecule has 19 heavy (non-hydrogen) atoms. The fourth-order valence-corrected chi connectivity index (χ4v) is 2.31. The number of carbonyl (C=O) groups excluding carboxylic acids is 1. The first-order valence-electron chi connectivity index (χ1n) is 6.51. The van der Waals surface area contributed by atoms with E-state index in [1.807, 2.05) is 30.3 Å². The highest BCUT2D eigenvalue weighted by atomic mass is 16.5. The minimum atomic E-state index is -0.987. The summed E-state index contributed by atoms with van der Waals surface area (Å²) in [4.78, 5) is 13.2. The summed E-state index contributed by atoms with van der Waals surface area (Å²) in [6.45, 7) is 1.11. The first kappa shape index (κ1) is 13.8. The van der Waals surface area contributed by atoms with Gasteiger partial charge in [0.2, 0.25) is 5.91 Å². The first-order valence-corrected chi connectivity index (χ1v) is 6.51. The molecule has 0 aromatic heterocycles. The molecule has 0 aliphatic carbocycles. The Balaban J connectivity index is 1.92. The second-order valence-corrected chi connectivity index (χ2v) is 4.95. The maximum atomic E-state index is 11.6. The zero-order chi connectivity index (χ0) is 13.7. The zero-order valence-electron chi connectivity index (χ0n) is 10.9. The predicted molar refractivity (Wildman–Crippen MR) is 71.8 cm³/mol. The van der Waals surface area contributed by atoms with E-state index < -0.39 is 5.60 Å². The Kier molecular flexibility index (Phi) is 4.39. The molecule has 2 rings (SSSR count). The minimum absolute atomic E-state index is 0.0182. The van der Waals surface area contributed by atoms with Crippen LogP contribution in [0.25, 0.3) is 0 Å². The highest BCUT2D eigenvalue weighted by molar-refractivity contribution is 5.78. The van der Waals surface area contributed by atoms with Gasteiger partial charge in [-0.05, 0) is 25.0 Å². The number of hydrogen-bond acceptors (Lipinski definition) is 4. The van der Waals surface area contributed by atoms with E-state index in [9.17, 15) is 9.90 Å². The van der Waals surface area contributed by atoms with Gasteiger partial charge in [0.25, 0.3) is 0 Å². The Morgan fingerprint density at radius 2 is 2.16 bits per heavy atom. The molecule has 3 N–H and O–H groups in total. The van der Waals surface area contributed by atoms with Gasteiger partial charge in [-0.3, -0.25) is 4.79 Å². The van der Waals surface area contributed by atoms with Crippen LogP contribution in [-0.2, 0) is 4.79 Å². The quantitative estimate of drug-likeness (QED) is 0.824. The molecule has 5 nitrogen and oxygen atoms in total. The van der Waals surface area contributed by atoms with Gasteiger partial charge in [0.15, 0.2) is 0 Å². The fraction of sp³-hybridized carbons (Fsp3) is 0.500. The molecule has 1 aliphatic rings. The van der Waals surface area contributed by atoms with Gasteiger partial charge < -0.3 is 20.5 Å². The maximum absolute atomic E-state index is 11.6. The third-order valence-electron chi connectivity index (χ3n) is 3.33. The van der Waals surface area contributed by atoms with Crippen LogP contribution in [-0.4, -0.2) is 47.8 Å². The van der Waals surface area contributed by atoms with Gasteiger partial charge in [0.05, 0.1) is 13.1 Å². The molecule has 1 aromatic carbocycles. The Hall–Kier alpha value is -1.59. The number of nitrogens with zero attached hydrogens (tertiary/aromatic N) is 1. The van der Waals surface area contributed by atoms with Crippen LogP contribution in [0, 0.1) is 0 Å². The number of piperidine rings is 1. The molecule has 0 bridgehead atoms. The molecule has 1 aromatic rings. The van der Waals surface area contributed by atoms with Crippen LogP contribution < -0.4 is 10.5 Å². The lowest BCUT2D eigenvalue weighted by molar-refractivity contribution is -0.138. The molecule has 104 valence electrons. The zero-order valence-corrected chi connectivity index (χ0v) is 10.9. The summed E-state index contributed by atoms with van der Waals surface area (Å²) in [6.07, 6.45) is 1.40. The Morgan fingerprint density at radius 3 is 2.84 bits per heavy atom. The van der Waals surface area contributed by atoms with Crippen molar-refractivity contribution < 1.29 is 14.6 Å². The largest absolute Gasteiger partial charge is 0.491 e. The van der Waals surface area contributed by atoms with Crippen LogP contribution in [0.15, 0.2) is 30.3 Å². The van der Waals surface area contributed by atoms with Crippen LogP contribution in [0.2, 0.25) is 0 Å². The van der Waals surface area contributed by atoms with Crippen molar-refractivity contribution in [3.05, 3.63) is 30.3 Å². The summed E-state index contributed by atoms with van der Waals surface area (Å²) < 4.78 is 5.59. The van der Waals surface area contributed by atoms with E-state index in [0.717, 1.165) is 12.2 Å². The standard InChI is InChI=1S/C14H20N2O3/c15-9-13(17)16-8-4-7-14(18,10-16)11-19-12-5-2-1-3-6-12/h1-3,5-6,18H,4,7-11,15H2/t14-/m1/s1. The molecule has 1 atom stereocenters. The second-order valence-electron chi connectivity index (χ2n) is 4.95. The number of rotatable bonds is 4. The highest BCUT2D eigenvalue weighted by Crippen LogP contribution is 2.22. The van der Waals surface area contributed by atoms with Gasteiger partial charge in [0.1, 0.15) is 18.0 Å². The molecule has 0 radical (unpaired) electrons. The van der Waals surface area contributed by atoms with E-state index in [4.69, 9.17) is 10.5 Å². The summed E-state index contributed by atoms with van der Waals surface area (Å²) in [5.41, 5.74) is 4.37. The van der Waals surface area contributed by atoms with Crippen molar-refractivity contribution in [1.82, 2.24) is 4.90 Å². The lowest BCUT2D eigenvalue weighted by Gasteiger charge is -2.38. The molecular formula is C14H20N2O3. The average molecular weight is 264 g/mol. The Morgan fingerprint density at radius 1 is 1.42 bits per heavy atom. The molecule has 0 spiro atoms. The molecule has 5 heteroatoms. The molecule has 0 unspecified atom stereocenters. The van der Waals surface area contributed by atoms with Gasteiger partial charge in [-0.1, -0.05) is 18.2 Å². The van der Waals surface area contributed by atoms with E-state index in [2.05, 4.69) is 0 Å². The summed E-state index contributed by atoms with van der Waals surface area (Å²) in [5.74, 6) is 0.594. The van der Waals surface area contributed by atoms with Crippen molar-refractivity contribution in [3.63, 3.8) is 0 Å². The third-order valence-corrected chi connectivity index (χ3v) is 3.33. The van der Waals surface area contributed by atoms with Gasteiger partial charge in [0, 0.05) is 6.54 Å². The topological polar surface area (TPSA) is 75.8 Å². The molecule has 1 heterocycles. The van der Waals surface area contributed by atoms with Crippen molar-refractivity contribution in [2.75, 3.05) is 26.2 Å². The second kappa shape index (κ2) is 6.04. The number of hydrogen-bond donors (Lipinski definition) is 2. The normalized spacial score (nSPS) is 23.2. The number of likely N-dealkylation sites (tertiary alicyclic amines) is 1. The monoisotopic (exact) mass is 264 g/mol. The average Bonchev–Trinajstić information content (AvgIpc) is 2.45. The molecule has 1 aliphatic heterocycles. The molecular weight excluding hydrogens is 244 g/mol. The van der Waals surface area contributed by atoms with Crippen molar-refractivity contribution in [2.24, 2.45) is 5.73 Å². The van der Waals surface area contributed by atoms with E-state index in [1.165, 1.54) is 0 Å². The Bertz CT molecular complexity index is 424. The summed E-state index contributed by atoms with van der Waals surface area (Å²) in [7, 11) is 0. The van der Waals surface area contributed by atoms with E-state index in [1.54, 1.807) is 4.90 Å². The van der Waals surface area contributed by atoms with Gasteiger partial charge in [-0.25, -0.2) is 0 Å². The van der Waals surface area contributed by atoms with E-state index in [0.29, 0.717) is 13.0 Å². The van der Waals surface area contributed by atoms with Crippen LogP contribution in [0.3, 0.4) is 0 Å². The SMILES string of the molecule is NCC(=O)N1CCC[C@](O)(COc2ccccc2)C1. The predicted octanol–water partition coefficient (Wildman–Crippen LogP) is 0.378. The van der Waals surface area contributed by atoms with Crippen molar-refractivity contribution >= 4 is 5.91 Å². The number of amides is 1. The number of benzene rings is 1. The van der Waals surface area contributed by atoms with E-state index in [-0.39, 0.29) is 25.6 Å². The van der Waals surface area contributed by atoms with Crippen LogP contribution >= 0.6 is 0 Å². The number of aliphatic hydroxyl groups is 1. The molecule has 0 saturated carbocycles. The van der Waals surface area contributed by atoms with Gasteiger partial charge in [-0.2, -0.15) is 0 Å². The molecule has 1 saturated heterocycles. The van der Waals surface area contributed by atoms with Crippen molar-refractivity contribution in [2.45, 2.75) is 18.4 Å². The minimum Gasteiger partial charge on any atom is -0.491 e. The van der Waals surface area contributed by atoms with Gasteiger partial charge in [-0.15, -0.1) is 0 Å². The number of nitrogens with two attached hydrogens (primary N) is 1. The fourth-order valence-electron chi connectivity index (χ4n) is 2.31. The Labute approximate surface area is 113 Å². The number of β-amino-alcohol motifs (C(OH)–C–C–N with tert-alkyl or cyclic N) is 1. The summed E-state index contributed by atoms with van der Waals surface area (Å²) in [6, 6.07) is 9.35. The smallest absolute Gasteiger partial charge is 0.236 e. The van der Waals surface area contributed by atoms with Crippen LogP contribution in [0.5, 0.6) is 5.75 Å². The van der Waals surface area contributed by atoms with Crippen LogP contribution in [0.1, 0.15) is 12.8 Å². The van der Waals surface area contributed by atoms with Crippen LogP contribution in [0.4, 0.5) is 0 Å².